The van der Waals surface area contributed by atoms with Gasteiger partial charge in [-0.25, -0.2) is 4.68 Å². The standard InChI is InChI=1S/C13H24N4O/c1-2-8-14-9-11-10-17(16-15-11)12-6-4-3-5-7-13(12)18/h10,12-14,18H,2-9H2,1H3. The zero-order valence-corrected chi connectivity index (χ0v) is 11.2. The minimum atomic E-state index is -0.273. The first-order chi connectivity index (χ1) is 8.81. The summed E-state index contributed by atoms with van der Waals surface area (Å²) in [6.07, 6.45) is 8.22. The summed E-state index contributed by atoms with van der Waals surface area (Å²) in [4.78, 5) is 0. The quantitative estimate of drug-likeness (QED) is 0.618. The van der Waals surface area contributed by atoms with Crippen LogP contribution in [0.15, 0.2) is 6.20 Å². The fourth-order valence-corrected chi connectivity index (χ4v) is 2.53. The fraction of sp³-hybridized carbons (Fsp3) is 0.846. The highest BCUT2D eigenvalue weighted by molar-refractivity contribution is 4.94. The molecular formula is C13H24N4O. The Morgan fingerprint density at radius 3 is 3.06 bits per heavy atom. The third kappa shape index (κ3) is 3.53. The van der Waals surface area contributed by atoms with Crippen LogP contribution >= 0.6 is 0 Å². The van der Waals surface area contributed by atoms with E-state index in [4.69, 9.17) is 0 Å². The van der Waals surface area contributed by atoms with Crippen LogP contribution in [-0.2, 0) is 6.54 Å². The maximum Gasteiger partial charge on any atom is 0.0964 e. The van der Waals surface area contributed by atoms with Gasteiger partial charge in [-0.2, -0.15) is 0 Å². The summed E-state index contributed by atoms with van der Waals surface area (Å²) in [5.74, 6) is 0. The van der Waals surface area contributed by atoms with Crippen molar-refractivity contribution in [1.82, 2.24) is 20.3 Å². The van der Waals surface area contributed by atoms with Gasteiger partial charge in [-0.3, -0.25) is 0 Å². The summed E-state index contributed by atoms with van der Waals surface area (Å²) in [6.45, 7) is 3.90. The maximum absolute atomic E-state index is 10.1. The molecule has 1 aliphatic rings. The second-order valence-electron chi connectivity index (χ2n) is 5.14. The second-order valence-corrected chi connectivity index (χ2v) is 5.14. The highest BCUT2D eigenvalue weighted by Crippen LogP contribution is 2.26. The van der Waals surface area contributed by atoms with Gasteiger partial charge in [0.15, 0.2) is 0 Å². The van der Waals surface area contributed by atoms with Crippen molar-refractivity contribution >= 4 is 0 Å². The van der Waals surface area contributed by atoms with Crippen molar-refractivity contribution in [3.63, 3.8) is 0 Å². The van der Waals surface area contributed by atoms with Crippen LogP contribution in [0.2, 0.25) is 0 Å². The molecule has 18 heavy (non-hydrogen) atoms. The van der Waals surface area contributed by atoms with Crippen LogP contribution < -0.4 is 5.32 Å². The minimum Gasteiger partial charge on any atom is -0.391 e. The van der Waals surface area contributed by atoms with Crippen molar-refractivity contribution < 1.29 is 5.11 Å². The van der Waals surface area contributed by atoms with E-state index in [2.05, 4.69) is 22.6 Å². The van der Waals surface area contributed by atoms with E-state index in [-0.39, 0.29) is 12.1 Å². The second kappa shape index (κ2) is 6.85. The normalized spacial score (nSPS) is 25.0. The van der Waals surface area contributed by atoms with Crippen LogP contribution in [0.4, 0.5) is 0 Å². The zero-order valence-electron chi connectivity index (χ0n) is 11.2. The Balaban J connectivity index is 1.95. The molecule has 102 valence electrons. The molecule has 0 aliphatic heterocycles. The molecule has 0 spiro atoms. The SMILES string of the molecule is CCCNCc1cn(C2CCCCCC2O)nn1. The topological polar surface area (TPSA) is 63.0 Å². The van der Waals surface area contributed by atoms with Crippen LogP contribution in [0.25, 0.3) is 0 Å². The summed E-state index contributed by atoms with van der Waals surface area (Å²) < 4.78 is 1.86. The van der Waals surface area contributed by atoms with Gasteiger partial charge in [0.25, 0.3) is 0 Å². The van der Waals surface area contributed by atoms with Gasteiger partial charge in [-0.15, -0.1) is 5.10 Å². The number of aromatic nitrogens is 3. The molecule has 1 heterocycles. The summed E-state index contributed by atoms with van der Waals surface area (Å²) in [5.41, 5.74) is 0.958. The van der Waals surface area contributed by atoms with Crippen molar-refractivity contribution in [2.75, 3.05) is 6.54 Å². The minimum absolute atomic E-state index is 0.111. The molecule has 5 nitrogen and oxygen atoms in total. The van der Waals surface area contributed by atoms with Crippen molar-refractivity contribution in [1.29, 1.82) is 0 Å². The highest BCUT2D eigenvalue weighted by atomic mass is 16.3. The van der Waals surface area contributed by atoms with Crippen LogP contribution in [0.5, 0.6) is 0 Å². The van der Waals surface area contributed by atoms with E-state index in [1.807, 2.05) is 10.9 Å². The zero-order chi connectivity index (χ0) is 12.8. The third-order valence-electron chi connectivity index (χ3n) is 3.57. The third-order valence-corrected chi connectivity index (χ3v) is 3.57. The van der Waals surface area contributed by atoms with Crippen LogP contribution in [0, 0.1) is 0 Å². The van der Waals surface area contributed by atoms with Gasteiger partial charge in [0.2, 0.25) is 0 Å². The van der Waals surface area contributed by atoms with Crippen LogP contribution in [-0.4, -0.2) is 32.7 Å². The molecule has 2 N–H and O–H groups in total. The van der Waals surface area contributed by atoms with E-state index < -0.39 is 0 Å². The Labute approximate surface area is 109 Å². The Kier molecular flexibility index (Phi) is 5.13. The van der Waals surface area contributed by atoms with Crippen molar-refractivity contribution in [3.05, 3.63) is 11.9 Å². The molecule has 1 aromatic heterocycles. The first-order valence-electron chi connectivity index (χ1n) is 7.10. The molecule has 1 aromatic rings. The monoisotopic (exact) mass is 252 g/mol. The molecule has 2 atom stereocenters. The number of hydrogen-bond donors (Lipinski definition) is 2. The molecule has 0 bridgehead atoms. The van der Waals surface area contributed by atoms with Gasteiger partial charge in [-0.1, -0.05) is 31.4 Å². The molecule has 0 saturated heterocycles. The van der Waals surface area contributed by atoms with E-state index in [0.717, 1.165) is 44.5 Å². The largest absolute Gasteiger partial charge is 0.391 e. The highest BCUT2D eigenvalue weighted by Gasteiger charge is 2.24. The lowest BCUT2D eigenvalue weighted by Crippen LogP contribution is -2.23. The number of aliphatic hydroxyl groups is 1. The molecule has 2 rings (SSSR count). The summed E-state index contributed by atoms with van der Waals surface area (Å²) in [5, 5.41) is 21.8. The maximum atomic E-state index is 10.1. The number of nitrogens with one attached hydrogen (secondary N) is 1. The van der Waals surface area contributed by atoms with Crippen molar-refractivity contribution in [3.8, 4) is 0 Å². The lowest BCUT2D eigenvalue weighted by Gasteiger charge is -2.19. The van der Waals surface area contributed by atoms with Gasteiger partial charge >= 0.3 is 0 Å². The lowest BCUT2D eigenvalue weighted by atomic mass is 10.1. The van der Waals surface area contributed by atoms with Gasteiger partial charge in [0.05, 0.1) is 24.0 Å². The molecule has 5 heteroatoms. The van der Waals surface area contributed by atoms with Crippen LogP contribution in [0.1, 0.15) is 57.2 Å². The van der Waals surface area contributed by atoms with E-state index in [1.54, 1.807) is 0 Å². The number of rotatable bonds is 5. The molecule has 1 saturated carbocycles. The Bertz CT molecular complexity index is 353. The van der Waals surface area contributed by atoms with E-state index in [1.165, 1.54) is 12.8 Å². The Morgan fingerprint density at radius 2 is 2.22 bits per heavy atom. The molecule has 0 aromatic carbocycles. The number of aliphatic hydroxyl groups excluding tert-OH is 1. The first-order valence-corrected chi connectivity index (χ1v) is 7.10. The smallest absolute Gasteiger partial charge is 0.0964 e. The molecule has 0 amide bonds. The predicted molar refractivity (Wildman–Crippen MR) is 70.1 cm³/mol. The van der Waals surface area contributed by atoms with Crippen molar-refractivity contribution in [2.45, 2.75) is 64.1 Å². The average molecular weight is 252 g/mol. The van der Waals surface area contributed by atoms with Gasteiger partial charge in [0, 0.05) is 6.54 Å². The summed E-state index contributed by atoms with van der Waals surface area (Å²) >= 11 is 0. The van der Waals surface area contributed by atoms with Gasteiger partial charge in [-0.05, 0) is 25.8 Å². The molecule has 1 fully saturated rings. The van der Waals surface area contributed by atoms with Crippen LogP contribution in [0.3, 0.4) is 0 Å². The van der Waals surface area contributed by atoms with Crippen molar-refractivity contribution in [2.24, 2.45) is 0 Å². The first kappa shape index (κ1) is 13.5. The van der Waals surface area contributed by atoms with E-state index in [0.29, 0.717) is 0 Å². The number of nitrogens with zero attached hydrogens (tertiary/aromatic N) is 3. The Hall–Kier alpha value is -0.940. The number of hydrogen-bond acceptors (Lipinski definition) is 4. The van der Waals surface area contributed by atoms with Gasteiger partial charge < -0.3 is 10.4 Å². The van der Waals surface area contributed by atoms with Gasteiger partial charge in [0.1, 0.15) is 0 Å². The Morgan fingerprint density at radius 1 is 1.39 bits per heavy atom. The molecule has 2 unspecified atom stereocenters. The predicted octanol–water partition coefficient (Wildman–Crippen LogP) is 1.64. The van der Waals surface area contributed by atoms with E-state index in [9.17, 15) is 5.11 Å². The fourth-order valence-electron chi connectivity index (χ4n) is 2.53. The molecular weight excluding hydrogens is 228 g/mol. The van der Waals surface area contributed by atoms with E-state index >= 15 is 0 Å². The average Bonchev–Trinajstić information content (AvgIpc) is 2.72. The molecule has 1 aliphatic carbocycles. The molecule has 0 radical (unpaired) electrons. The summed E-state index contributed by atoms with van der Waals surface area (Å²) in [7, 11) is 0. The summed E-state index contributed by atoms with van der Waals surface area (Å²) in [6, 6.07) is 0.111. The lowest BCUT2D eigenvalue weighted by molar-refractivity contribution is 0.0980.